The summed E-state index contributed by atoms with van der Waals surface area (Å²) in [5.41, 5.74) is 5.03. The molecule has 0 aliphatic rings. The van der Waals surface area contributed by atoms with E-state index in [0.29, 0.717) is 21.0 Å². The van der Waals surface area contributed by atoms with Crippen molar-refractivity contribution < 1.29 is 24.2 Å². The molecule has 0 fully saturated rings. The Bertz CT molecular complexity index is 1390. The predicted octanol–water partition coefficient (Wildman–Crippen LogP) is 5.89. The van der Waals surface area contributed by atoms with E-state index in [4.69, 9.17) is 4.74 Å². The van der Waals surface area contributed by atoms with Crippen LogP contribution in [0.25, 0.3) is 10.4 Å². The Labute approximate surface area is 242 Å². The molecule has 11 heteroatoms. The molecule has 2 aromatic heterocycles. The van der Waals surface area contributed by atoms with Crippen molar-refractivity contribution in [3.05, 3.63) is 62.7 Å². The van der Waals surface area contributed by atoms with Gasteiger partial charge in [-0.15, -0.1) is 22.7 Å². The highest BCUT2D eigenvalue weighted by atomic mass is 32.1. The summed E-state index contributed by atoms with van der Waals surface area (Å²) in [7, 11) is 0. The molecule has 0 unspecified atom stereocenters. The Kier molecular flexibility index (Phi) is 9.75. The first-order valence-corrected chi connectivity index (χ1v) is 14.5. The molecule has 9 nitrogen and oxygen atoms in total. The first kappa shape index (κ1) is 30.8. The molecule has 0 spiro atoms. The van der Waals surface area contributed by atoms with Gasteiger partial charge in [0.05, 0.1) is 25.9 Å². The van der Waals surface area contributed by atoms with Crippen LogP contribution in [0.5, 0.6) is 5.75 Å². The molecule has 0 aliphatic heterocycles. The van der Waals surface area contributed by atoms with Crippen LogP contribution in [0.1, 0.15) is 78.9 Å². The summed E-state index contributed by atoms with van der Waals surface area (Å²) in [5.74, 6) is -0.719. The minimum atomic E-state index is -0.601. The first-order chi connectivity index (χ1) is 18.7. The van der Waals surface area contributed by atoms with Crippen molar-refractivity contribution in [3.8, 4) is 16.2 Å². The number of nitrogens with one attached hydrogen (secondary N) is 3. The van der Waals surface area contributed by atoms with Crippen LogP contribution in [0.15, 0.2) is 46.9 Å². The Morgan fingerprint density at radius 3 is 2.10 bits per heavy atom. The second-order valence-electron chi connectivity index (χ2n) is 11.1. The summed E-state index contributed by atoms with van der Waals surface area (Å²) in [6, 6.07) is 11.2. The zero-order valence-corrected chi connectivity index (χ0v) is 25.4. The molecule has 40 heavy (non-hydrogen) atoms. The van der Waals surface area contributed by atoms with Crippen molar-refractivity contribution in [1.82, 2.24) is 16.1 Å². The molecule has 3 amide bonds. The van der Waals surface area contributed by atoms with E-state index in [1.807, 2.05) is 12.1 Å². The Morgan fingerprint density at radius 2 is 1.50 bits per heavy atom. The van der Waals surface area contributed by atoms with Crippen molar-refractivity contribution in [2.45, 2.75) is 59.5 Å². The lowest BCUT2D eigenvalue weighted by atomic mass is 9.86. The lowest BCUT2D eigenvalue weighted by Gasteiger charge is -2.19. The minimum Gasteiger partial charge on any atom is -0.506 e. The van der Waals surface area contributed by atoms with E-state index in [2.05, 4.69) is 54.1 Å². The van der Waals surface area contributed by atoms with Gasteiger partial charge in [0.1, 0.15) is 11.4 Å². The molecule has 0 atom stereocenters. The third-order valence-electron chi connectivity index (χ3n) is 5.63. The number of benzene rings is 1. The Morgan fingerprint density at radius 1 is 0.900 bits per heavy atom. The highest BCUT2D eigenvalue weighted by Crippen LogP contribution is 2.39. The fourth-order valence-electron chi connectivity index (χ4n) is 3.51. The number of amides is 3. The van der Waals surface area contributed by atoms with Crippen molar-refractivity contribution in [1.29, 1.82) is 0 Å². The average Bonchev–Trinajstić information content (AvgIpc) is 3.51. The van der Waals surface area contributed by atoms with Gasteiger partial charge in [0.2, 0.25) is 0 Å². The number of hydrazone groups is 1. The lowest BCUT2D eigenvalue weighted by molar-refractivity contribution is 0.0526. The van der Waals surface area contributed by atoms with Gasteiger partial charge in [-0.1, -0.05) is 45.0 Å². The molecule has 3 aromatic rings. The van der Waals surface area contributed by atoms with E-state index >= 15 is 0 Å². The molecule has 0 saturated heterocycles. The van der Waals surface area contributed by atoms with Crippen molar-refractivity contribution in [2.24, 2.45) is 5.10 Å². The van der Waals surface area contributed by atoms with E-state index in [1.165, 1.54) is 16.9 Å². The lowest BCUT2D eigenvalue weighted by Crippen LogP contribution is -2.37. The van der Waals surface area contributed by atoms with Crippen LogP contribution in [0, 0.1) is 0 Å². The molecule has 0 saturated carbocycles. The maximum atomic E-state index is 12.6. The van der Waals surface area contributed by atoms with E-state index in [-0.39, 0.29) is 30.2 Å². The van der Waals surface area contributed by atoms with E-state index < -0.39 is 17.6 Å². The van der Waals surface area contributed by atoms with Gasteiger partial charge in [-0.05, 0) is 56.4 Å². The summed E-state index contributed by atoms with van der Waals surface area (Å²) in [5, 5.41) is 22.1. The molecule has 3 rings (SSSR count). The van der Waals surface area contributed by atoms with Crippen molar-refractivity contribution >= 4 is 46.3 Å². The standard InChI is InChI=1S/C29H36N4O5S2/c1-17(20-16-39-24(23(20)34)18-8-10-19(11-9-18)28(2,3)4)32-33-26(36)22-13-12-21(40-22)25(35)30-14-15-31-27(37)38-29(5,6)7/h8-13,16,34H,14-15H2,1-7H3,(H,30,35)(H,31,37)(H,33,36)/b32-17+. The van der Waals surface area contributed by atoms with Crippen LogP contribution < -0.4 is 16.1 Å². The van der Waals surface area contributed by atoms with Crippen LogP contribution in [-0.2, 0) is 10.2 Å². The number of carbonyl (C=O) groups is 3. The molecule has 4 N–H and O–H groups in total. The van der Waals surface area contributed by atoms with Gasteiger partial charge in [-0.2, -0.15) is 5.10 Å². The maximum absolute atomic E-state index is 12.6. The molecule has 0 bridgehead atoms. The van der Waals surface area contributed by atoms with Crippen LogP contribution in [0.4, 0.5) is 4.79 Å². The number of alkyl carbamates (subject to hydrolysis) is 1. The largest absolute Gasteiger partial charge is 0.506 e. The van der Waals surface area contributed by atoms with Gasteiger partial charge >= 0.3 is 6.09 Å². The summed E-state index contributed by atoms with van der Waals surface area (Å²) in [4.78, 5) is 38.1. The summed E-state index contributed by atoms with van der Waals surface area (Å²) >= 11 is 2.43. The van der Waals surface area contributed by atoms with Gasteiger partial charge in [0, 0.05) is 18.5 Å². The molecule has 2 heterocycles. The van der Waals surface area contributed by atoms with Gasteiger partial charge < -0.3 is 20.5 Å². The second-order valence-corrected chi connectivity index (χ2v) is 13.1. The summed E-state index contributed by atoms with van der Waals surface area (Å²) < 4.78 is 5.14. The topological polar surface area (TPSA) is 129 Å². The fourth-order valence-corrected chi connectivity index (χ4v) is 5.33. The quantitative estimate of drug-likeness (QED) is 0.149. The fraction of sp³-hybridized carbons (Fsp3) is 0.379. The van der Waals surface area contributed by atoms with E-state index in [1.54, 1.807) is 45.2 Å². The van der Waals surface area contributed by atoms with Crippen LogP contribution in [0.2, 0.25) is 0 Å². The van der Waals surface area contributed by atoms with Gasteiger partial charge in [-0.3, -0.25) is 9.59 Å². The van der Waals surface area contributed by atoms with Gasteiger partial charge in [-0.25, -0.2) is 10.2 Å². The third-order valence-corrected chi connectivity index (χ3v) is 7.73. The van der Waals surface area contributed by atoms with Crippen LogP contribution in [-0.4, -0.2) is 47.4 Å². The highest BCUT2D eigenvalue weighted by Gasteiger charge is 2.19. The normalized spacial score (nSPS) is 12.1. The zero-order valence-electron chi connectivity index (χ0n) is 23.8. The summed E-state index contributed by atoms with van der Waals surface area (Å²) in [6.45, 7) is 13.9. The van der Waals surface area contributed by atoms with E-state index in [0.717, 1.165) is 21.8 Å². The third kappa shape index (κ3) is 8.40. The number of ether oxygens (including phenoxy) is 1. The molecule has 1 aromatic carbocycles. The maximum Gasteiger partial charge on any atom is 0.407 e. The predicted molar refractivity (Wildman–Crippen MR) is 161 cm³/mol. The number of hydrogen-bond acceptors (Lipinski definition) is 8. The number of aromatic hydroxyl groups is 1. The Hall–Kier alpha value is -3.70. The zero-order chi connectivity index (χ0) is 29.7. The SMILES string of the molecule is C/C(=N\NC(=O)c1ccc(C(=O)NCCNC(=O)OC(C)(C)C)s1)c1csc(-c2ccc(C(C)(C)C)cc2)c1O. The van der Waals surface area contributed by atoms with Crippen LogP contribution in [0.3, 0.4) is 0 Å². The first-order valence-electron chi connectivity index (χ1n) is 12.8. The monoisotopic (exact) mass is 584 g/mol. The molecular formula is C29H36N4O5S2. The molecule has 0 aliphatic carbocycles. The molecule has 0 radical (unpaired) electrons. The second kappa shape index (κ2) is 12.6. The molecule has 214 valence electrons. The van der Waals surface area contributed by atoms with Crippen molar-refractivity contribution in [3.63, 3.8) is 0 Å². The number of thiophene rings is 2. The average molecular weight is 585 g/mol. The van der Waals surface area contributed by atoms with Gasteiger partial charge in [0.25, 0.3) is 11.8 Å². The van der Waals surface area contributed by atoms with Crippen LogP contribution >= 0.6 is 22.7 Å². The number of rotatable bonds is 8. The number of hydrogen-bond donors (Lipinski definition) is 4. The van der Waals surface area contributed by atoms with Gasteiger partial charge in [0.15, 0.2) is 0 Å². The minimum absolute atomic E-state index is 0.0382. The summed E-state index contributed by atoms with van der Waals surface area (Å²) in [6.07, 6.45) is -0.561. The number of nitrogens with zero attached hydrogens (tertiary/aromatic N) is 1. The Balaban J connectivity index is 1.55. The number of carbonyl (C=O) groups excluding carboxylic acids is 3. The van der Waals surface area contributed by atoms with Crippen molar-refractivity contribution in [2.75, 3.05) is 13.1 Å². The molecular weight excluding hydrogens is 548 g/mol. The highest BCUT2D eigenvalue weighted by molar-refractivity contribution is 7.16. The smallest absolute Gasteiger partial charge is 0.407 e. The van der Waals surface area contributed by atoms with E-state index in [9.17, 15) is 19.5 Å².